The molecule has 1 aliphatic heterocycles. The van der Waals surface area contributed by atoms with Crippen molar-refractivity contribution in [2.24, 2.45) is 0 Å². The van der Waals surface area contributed by atoms with Crippen LogP contribution in [-0.4, -0.2) is 28.4 Å². The minimum absolute atomic E-state index is 0.222. The minimum Gasteiger partial charge on any atom is -0.497 e. The van der Waals surface area contributed by atoms with Crippen molar-refractivity contribution in [3.63, 3.8) is 0 Å². The van der Waals surface area contributed by atoms with Crippen molar-refractivity contribution in [1.82, 2.24) is 0 Å². The van der Waals surface area contributed by atoms with Gasteiger partial charge in [-0.15, -0.1) is 0 Å². The van der Waals surface area contributed by atoms with E-state index < -0.39 is 5.60 Å². The molecule has 0 bridgehead atoms. The zero-order valence-electron chi connectivity index (χ0n) is 27.0. The van der Waals surface area contributed by atoms with Gasteiger partial charge in [-0.25, -0.2) is 4.39 Å². The lowest BCUT2D eigenvalue weighted by atomic mass is 9.71. The third-order valence-corrected chi connectivity index (χ3v) is 9.97. The Bertz CT molecular complexity index is 1920. The second-order valence-electron chi connectivity index (χ2n) is 11.9. The summed E-state index contributed by atoms with van der Waals surface area (Å²) in [6.07, 6.45) is 5.92. The van der Waals surface area contributed by atoms with Gasteiger partial charge in [0.1, 0.15) is 34.6 Å². The van der Waals surface area contributed by atoms with Crippen molar-refractivity contribution in [3.05, 3.63) is 119 Å². The van der Waals surface area contributed by atoms with Crippen LogP contribution in [0.15, 0.2) is 84.9 Å². The van der Waals surface area contributed by atoms with Crippen molar-refractivity contribution >= 4 is 16.8 Å². The minimum atomic E-state index is -1.12. The fourth-order valence-electron chi connectivity index (χ4n) is 7.64. The molecule has 1 heterocycles. The van der Waals surface area contributed by atoms with Gasteiger partial charge < -0.3 is 23.7 Å². The molecule has 0 spiro atoms. The molecule has 5 aromatic rings. The maximum atomic E-state index is 14.9. The van der Waals surface area contributed by atoms with Crippen molar-refractivity contribution in [1.29, 1.82) is 0 Å². The first-order chi connectivity index (χ1) is 22.4. The van der Waals surface area contributed by atoms with Crippen molar-refractivity contribution < 1.29 is 28.1 Å². The Morgan fingerprint density at radius 2 is 1.22 bits per heavy atom. The molecule has 0 fully saturated rings. The van der Waals surface area contributed by atoms with Crippen LogP contribution in [0.1, 0.15) is 54.5 Å². The first-order valence-electron chi connectivity index (χ1n) is 15.6. The molecule has 0 atom stereocenters. The highest BCUT2D eigenvalue weighted by atomic mass is 19.1. The average molecular weight is 617 g/mol. The van der Waals surface area contributed by atoms with E-state index in [9.17, 15) is 4.39 Å². The van der Waals surface area contributed by atoms with E-state index in [1.807, 2.05) is 48.5 Å². The molecule has 234 valence electrons. The van der Waals surface area contributed by atoms with E-state index in [-0.39, 0.29) is 11.2 Å². The van der Waals surface area contributed by atoms with Gasteiger partial charge in [0.05, 0.1) is 28.4 Å². The van der Waals surface area contributed by atoms with Crippen molar-refractivity contribution in [2.45, 2.75) is 37.7 Å². The quantitative estimate of drug-likeness (QED) is 0.174. The van der Waals surface area contributed by atoms with Gasteiger partial charge in [-0.1, -0.05) is 50.3 Å². The molecule has 2 aliphatic rings. The topological polar surface area (TPSA) is 46.2 Å². The Kier molecular flexibility index (Phi) is 7.19. The molecule has 0 saturated heterocycles. The van der Waals surface area contributed by atoms with Gasteiger partial charge >= 0.3 is 0 Å². The number of fused-ring (bicyclic) bond motifs is 8. The van der Waals surface area contributed by atoms with Crippen molar-refractivity contribution in [2.75, 3.05) is 28.4 Å². The molecular formula is C40H37FO5. The monoisotopic (exact) mass is 616 g/mol. The average Bonchev–Trinajstić information content (AvgIpc) is 3.40. The van der Waals surface area contributed by atoms with Crippen LogP contribution in [0.2, 0.25) is 0 Å². The highest BCUT2D eigenvalue weighted by molar-refractivity contribution is 6.08. The van der Waals surface area contributed by atoms with E-state index in [4.69, 9.17) is 23.7 Å². The molecule has 1 aliphatic carbocycles. The van der Waals surface area contributed by atoms with Gasteiger partial charge in [0.15, 0.2) is 5.60 Å². The normalized spacial score (nSPS) is 15.0. The van der Waals surface area contributed by atoms with Crippen LogP contribution >= 0.6 is 0 Å². The van der Waals surface area contributed by atoms with E-state index >= 15 is 0 Å². The molecular weight excluding hydrogens is 579 g/mol. The summed E-state index contributed by atoms with van der Waals surface area (Å²) in [5.41, 5.74) is 5.59. The standard InChI is InChI=1S/C40H37FO5/c1-7-39(8-2)35-21-26(41)13-14-33(35)36-31-11-9-10-12-32(31)38-34(37(36)39)15-16-40(46-38,24-17-27(42-3)22-28(18-24)43-4)25-19-29(44-5)23-30(20-25)45-6/h9-23H,7-8H2,1-6H3. The SMILES string of the molecule is CCC1(CC)c2cc(F)ccc2-c2c1c1c(c3ccccc23)OC(c2cc(OC)cc(OC)c2)(c2cc(OC)cc(OC)c2)C=C1. The maximum Gasteiger partial charge on any atom is 0.178 e. The fourth-order valence-corrected chi connectivity index (χ4v) is 7.64. The zero-order chi connectivity index (χ0) is 32.2. The highest BCUT2D eigenvalue weighted by Gasteiger charge is 2.47. The van der Waals surface area contributed by atoms with Crippen LogP contribution in [0.25, 0.3) is 28.0 Å². The molecule has 46 heavy (non-hydrogen) atoms. The van der Waals surface area contributed by atoms with Gasteiger partial charge in [-0.2, -0.15) is 0 Å². The second-order valence-corrected chi connectivity index (χ2v) is 11.9. The highest BCUT2D eigenvalue weighted by Crippen LogP contribution is 2.60. The lowest BCUT2D eigenvalue weighted by Crippen LogP contribution is -2.35. The van der Waals surface area contributed by atoms with Gasteiger partial charge in [0.25, 0.3) is 0 Å². The van der Waals surface area contributed by atoms with E-state index in [0.717, 1.165) is 62.7 Å². The third kappa shape index (κ3) is 4.19. The largest absolute Gasteiger partial charge is 0.497 e. The summed E-state index contributed by atoms with van der Waals surface area (Å²) >= 11 is 0. The van der Waals surface area contributed by atoms with E-state index in [2.05, 4.69) is 44.2 Å². The molecule has 0 N–H and O–H groups in total. The Hall–Kier alpha value is -4.97. The Morgan fingerprint density at radius 3 is 1.74 bits per heavy atom. The summed E-state index contributed by atoms with van der Waals surface area (Å²) in [4.78, 5) is 0. The van der Waals surface area contributed by atoms with Crippen LogP contribution in [0.5, 0.6) is 28.7 Å². The van der Waals surface area contributed by atoms with Gasteiger partial charge in [0.2, 0.25) is 0 Å². The maximum absolute atomic E-state index is 14.9. The summed E-state index contributed by atoms with van der Waals surface area (Å²) in [6.45, 7) is 4.38. The lowest BCUT2D eigenvalue weighted by Gasteiger charge is -2.39. The molecule has 0 amide bonds. The van der Waals surface area contributed by atoms with E-state index in [1.54, 1.807) is 40.6 Å². The van der Waals surface area contributed by atoms with Crippen LogP contribution < -0.4 is 23.7 Å². The predicted octanol–water partition coefficient (Wildman–Crippen LogP) is 9.45. The summed E-state index contributed by atoms with van der Waals surface area (Å²) < 4.78 is 45.2. The van der Waals surface area contributed by atoms with E-state index in [1.165, 1.54) is 5.56 Å². The Balaban J connectivity index is 1.59. The summed E-state index contributed by atoms with van der Waals surface area (Å²) in [5, 5.41) is 2.05. The second kappa shape index (κ2) is 11.1. The first-order valence-corrected chi connectivity index (χ1v) is 15.6. The summed E-state index contributed by atoms with van der Waals surface area (Å²) in [6, 6.07) is 25.2. The molecule has 0 unspecified atom stereocenters. The number of methoxy groups -OCH3 is 4. The predicted molar refractivity (Wildman–Crippen MR) is 180 cm³/mol. The zero-order valence-corrected chi connectivity index (χ0v) is 27.0. The van der Waals surface area contributed by atoms with E-state index in [0.29, 0.717) is 23.0 Å². The first kappa shape index (κ1) is 29.7. The van der Waals surface area contributed by atoms with Crippen LogP contribution in [0, 0.1) is 5.82 Å². The smallest absolute Gasteiger partial charge is 0.178 e. The van der Waals surface area contributed by atoms with Crippen LogP contribution in [0.3, 0.4) is 0 Å². The number of hydrogen-bond donors (Lipinski definition) is 0. The third-order valence-electron chi connectivity index (χ3n) is 9.97. The van der Waals surface area contributed by atoms with Gasteiger partial charge in [0, 0.05) is 39.6 Å². The molecule has 5 aromatic carbocycles. The molecule has 5 nitrogen and oxygen atoms in total. The summed E-state index contributed by atoms with van der Waals surface area (Å²) in [5.74, 6) is 3.09. The molecule has 0 saturated carbocycles. The van der Waals surface area contributed by atoms with Crippen molar-refractivity contribution in [3.8, 4) is 39.9 Å². The Morgan fingerprint density at radius 1 is 0.674 bits per heavy atom. The Labute approximate surface area is 269 Å². The molecule has 0 radical (unpaired) electrons. The number of hydrogen-bond acceptors (Lipinski definition) is 5. The lowest BCUT2D eigenvalue weighted by molar-refractivity contribution is 0.161. The molecule has 0 aromatic heterocycles. The molecule has 6 heteroatoms. The number of benzene rings is 5. The van der Waals surface area contributed by atoms with Crippen LogP contribution in [0.4, 0.5) is 4.39 Å². The molecule has 7 rings (SSSR count). The number of rotatable bonds is 8. The number of ether oxygens (including phenoxy) is 5. The van der Waals surface area contributed by atoms with Gasteiger partial charge in [-0.05, 0) is 83.0 Å². The fraction of sp³-hybridized carbons (Fsp3) is 0.250. The number of halogens is 1. The van der Waals surface area contributed by atoms with Crippen LogP contribution in [-0.2, 0) is 11.0 Å². The van der Waals surface area contributed by atoms with Gasteiger partial charge in [-0.3, -0.25) is 0 Å². The summed E-state index contributed by atoms with van der Waals surface area (Å²) in [7, 11) is 6.55.